The first kappa shape index (κ1) is 17.1. The summed E-state index contributed by atoms with van der Waals surface area (Å²) in [5.74, 6) is 0.931. The Morgan fingerprint density at radius 2 is 2.20 bits per heavy atom. The first-order valence-corrected chi connectivity index (χ1v) is 8.24. The van der Waals surface area contributed by atoms with E-state index in [0.717, 1.165) is 5.56 Å². The van der Waals surface area contributed by atoms with E-state index in [-0.39, 0.29) is 11.8 Å². The number of aryl methyl sites for hydroxylation is 1. The van der Waals surface area contributed by atoms with E-state index in [0.29, 0.717) is 42.7 Å². The maximum Gasteiger partial charge on any atom is 0.254 e. The molecule has 1 amide bonds. The Morgan fingerprint density at radius 3 is 2.84 bits per heavy atom. The average molecular weight is 340 g/mol. The molecule has 0 aliphatic carbocycles. The van der Waals surface area contributed by atoms with Crippen molar-refractivity contribution in [2.24, 2.45) is 0 Å². The van der Waals surface area contributed by atoms with Gasteiger partial charge in [-0.1, -0.05) is 13.8 Å². The van der Waals surface area contributed by atoms with Crippen molar-refractivity contribution >= 4 is 5.91 Å². The highest BCUT2D eigenvalue weighted by molar-refractivity contribution is 5.96. The van der Waals surface area contributed by atoms with Crippen LogP contribution in [0.5, 0.6) is 0 Å². The third-order valence-corrected chi connectivity index (χ3v) is 4.21. The molecular weight excluding hydrogens is 320 g/mol. The smallest absolute Gasteiger partial charge is 0.254 e. The molecule has 0 saturated carbocycles. The highest BCUT2D eigenvalue weighted by Gasteiger charge is 2.34. The highest BCUT2D eigenvalue weighted by atomic mass is 16.5. The summed E-state index contributed by atoms with van der Waals surface area (Å²) in [6, 6.07) is 6.73. The van der Waals surface area contributed by atoms with Crippen molar-refractivity contribution in [3.05, 3.63) is 46.7 Å². The van der Waals surface area contributed by atoms with Crippen molar-refractivity contribution in [3.63, 3.8) is 0 Å². The second-order valence-corrected chi connectivity index (χ2v) is 6.36. The fraction of sp³-hybridized carbons (Fsp3) is 0.444. The molecule has 1 aromatic heterocycles. The number of morpholine rings is 1. The molecule has 2 heterocycles. The zero-order valence-electron chi connectivity index (χ0n) is 14.5. The Bertz CT molecular complexity index is 822. The Hall–Kier alpha value is -2.72. The van der Waals surface area contributed by atoms with Gasteiger partial charge in [-0.2, -0.15) is 5.26 Å². The van der Waals surface area contributed by atoms with E-state index in [1.165, 1.54) is 0 Å². The standard InChI is InChI=1S/C18H20N4O3/c1-11(2)16-20-21-17(25-16)15-10-24-7-6-22(15)18(23)14-5-4-13(9-19)8-12(14)3/h4-5,8,11,15H,6-7,10H2,1-3H3. The molecule has 7 heteroatoms. The number of aromatic nitrogens is 2. The van der Waals surface area contributed by atoms with Gasteiger partial charge in [0.2, 0.25) is 11.8 Å². The lowest BCUT2D eigenvalue weighted by molar-refractivity contribution is -0.0108. The topological polar surface area (TPSA) is 92.2 Å². The predicted molar refractivity (Wildman–Crippen MR) is 88.9 cm³/mol. The van der Waals surface area contributed by atoms with Crippen LogP contribution >= 0.6 is 0 Å². The average Bonchev–Trinajstić information content (AvgIpc) is 3.11. The molecule has 0 radical (unpaired) electrons. The molecule has 3 rings (SSSR count). The number of nitriles is 1. The van der Waals surface area contributed by atoms with Gasteiger partial charge in [-0.25, -0.2) is 0 Å². The number of carbonyl (C=O) groups excluding carboxylic acids is 1. The van der Waals surface area contributed by atoms with Crippen molar-refractivity contribution in [2.45, 2.75) is 32.7 Å². The normalized spacial score (nSPS) is 17.6. The summed E-state index contributed by atoms with van der Waals surface area (Å²) >= 11 is 0. The van der Waals surface area contributed by atoms with Crippen molar-refractivity contribution in [1.82, 2.24) is 15.1 Å². The van der Waals surface area contributed by atoms with Crippen LogP contribution < -0.4 is 0 Å². The second-order valence-electron chi connectivity index (χ2n) is 6.36. The predicted octanol–water partition coefficient (Wildman–Crippen LogP) is 2.59. The lowest BCUT2D eigenvalue weighted by atomic mass is 10.0. The third-order valence-electron chi connectivity index (χ3n) is 4.21. The number of nitrogens with zero attached hydrogens (tertiary/aromatic N) is 4. The molecule has 130 valence electrons. The molecule has 7 nitrogen and oxygen atoms in total. The summed E-state index contributed by atoms with van der Waals surface area (Å²) in [5.41, 5.74) is 1.86. The summed E-state index contributed by atoms with van der Waals surface area (Å²) in [6.45, 7) is 6.99. The van der Waals surface area contributed by atoms with Crippen LogP contribution in [0.1, 0.15) is 59.1 Å². The highest BCUT2D eigenvalue weighted by Crippen LogP contribution is 2.27. The number of rotatable bonds is 3. The van der Waals surface area contributed by atoms with E-state index in [1.54, 1.807) is 23.1 Å². The Labute approximate surface area is 146 Å². The minimum atomic E-state index is -0.406. The van der Waals surface area contributed by atoms with Crippen molar-refractivity contribution in [3.8, 4) is 6.07 Å². The van der Waals surface area contributed by atoms with Gasteiger partial charge in [0.05, 0.1) is 24.8 Å². The number of hydrogen-bond donors (Lipinski definition) is 0. The molecule has 1 atom stereocenters. The zero-order valence-corrected chi connectivity index (χ0v) is 14.5. The van der Waals surface area contributed by atoms with E-state index < -0.39 is 6.04 Å². The summed E-state index contributed by atoms with van der Waals surface area (Å²) in [5, 5.41) is 17.1. The van der Waals surface area contributed by atoms with Crippen LogP contribution in [0.25, 0.3) is 0 Å². The number of amides is 1. The third kappa shape index (κ3) is 3.39. The molecular formula is C18H20N4O3. The summed E-state index contributed by atoms with van der Waals surface area (Å²) in [7, 11) is 0. The SMILES string of the molecule is Cc1cc(C#N)ccc1C(=O)N1CCOCC1c1nnc(C(C)C)o1. The van der Waals surface area contributed by atoms with Gasteiger partial charge in [0.15, 0.2) is 0 Å². The number of benzene rings is 1. The lowest BCUT2D eigenvalue weighted by Gasteiger charge is -2.33. The Balaban J connectivity index is 1.90. The van der Waals surface area contributed by atoms with E-state index in [9.17, 15) is 4.79 Å². The molecule has 1 saturated heterocycles. The van der Waals surface area contributed by atoms with Crippen LogP contribution in [-0.2, 0) is 4.74 Å². The molecule has 1 aromatic carbocycles. The van der Waals surface area contributed by atoms with Crippen LogP contribution in [-0.4, -0.2) is 40.8 Å². The summed E-state index contributed by atoms with van der Waals surface area (Å²) < 4.78 is 11.3. The van der Waals surface area contributed by atoms with Gasteiger partial charge in [0.25, 0.3) is 5.91 Å². The maximum absolute atomic E-state index is 13.0. The number of hydrogen-bond acceptors (Lipinski definition) is 6. The monoisotopic (exact) mass is 340 g/mol. The molecule has 0 spiro atoms. The molecule has 1 unspecified atom stereocenters. The number of carbonyl (C=O) groups is 1. The van der Waals surface area contributed by atoms with Gasteiger partial charge >= 0.3 is 0 Å². The van der Waals surface area contributed by atoms with E-state index >= 15 is 0 Å². The molecule has 1 fully saturated rings. The molecule has 2 aromatic rings. The van der Waals surface area contributed by atoms with Gasteiger partial charge in [-0.15, -0.1) is 10.2 Å². The van der Waals surface area contributed by atoms with Crippen LogP contribution in [0.4, 0.5) is 0 Å². The number of ether oxygens (including phenoxy) is 1. The van der Waals surface area contributed by atoms with Gasteiger partial charge in [-0.3, -0.25) is 4.79 Å². The molecule has 25 heavy (non-hydrogen) atoms. The largest absolute Gasteiger partial charge is 0.423 e. The van der Waals surface area contributed by atoms with Crippen molar-refractivity contribution in [1.29, 1.82) is 5.26 Å². The Morgan fingerprint density at radius 1 is 1.40 bits per heavy atom. The fourth-order valence-corrected chi connectivity index (χ4v) is 2.79. The lowest BCUT2D eigenvalue weighted by Crippen LogP contribution is -2.43. The van der Waals surface area contributed by atoms with Crippen molar-refractivity contribution in [2.75, 3.05) is 19.8 Å². The first-order valence-electron chi connectivity index (χ1n) is 8.24. The van der Waals surface area contributed by atoms with Gasteiger partial charge in [0.1, 0.15) is 6.04 Å². The molecule has 1 aliphatic heterocycles. The van der Waals surface area contributed by atoms with E-state index in [2.05, 4.69) is 16.3 Å². The van der Waals surface area contributed by atoms with Gasteiger partial charge in [-0.05, 0) is 30.7 Å². The van der Waals surface area contributed by atoms with Crippen LogP contribution in [0.3, 0.4) is 0 Å². The van der Waals surface area contributed by atoms with Crippen LogP contribution in [0.15, 0.2) is 22.6 Å². The van der Waals surface area contributed by atoms with Crippen molar-refractivity contribution < 1.29 is 13.9 Å². The maximum atomic E-state index is 13.0. The second kappa shape index (κ2) is 7.03. The molecule has 0 N–H and O–H groups in total. The first-order chi connectivity index (χ1) is 12.0. The van der Waals surface area contributed by atoms with Crippen LogP contribution in [0, 0.1) is 18.3 Å². The minimum absolute atomic E-state index is 0.121. The fourth-order valence-electron chi connectivity index (χ4n) is 2.79. The van der Waals surface area contributed by atoms with Gasteiger partial charge < -0.3 is 14.1 Å². The molecule has 1 aliphatic rings. The summed E-state index contributed by atoms with van der Waals surface area (Å²) in [6.07, 6.45) is 0. The van der Waals surface area contributed by atoms with E-state index in [4.69, 9.17) is 14.4 Å². The zero-order chi connectivity index (χ0) is 18.0. The van der Waals surface area contributed by atoms with Gasteiger partial charge in [0, 0.05) is 18.0 Å². The van der Waals surface area contributed by atoms with Crippen LogP contribution in [0.2, 0.25) is 0 Å². The minimum Gasteiger partial charge on any atom is -0.423 e. The van der Waals surface area contributed by atoms with E-state index in [1.807, 2.05) is 20.8 Å². The quantitative estimate of drug-likeness (QED) is 0.853. The summed E-state index contributed by atoms with van der Waals surface area (Å²) in [4.78, 5) is 14.7. The Kier molecular flexibility index (Phi) is 4.81. The molecule has 0 bridgehead atoms.